The standard InChI is InChI=1S/C16H12BrF3N2O2/c1-9(23)21-12-5-6-14(13(8-12)16(18,19)20)22-15(24)10-3-2-4-11(17)7-10/h2-8H,1H3,(H,21,23)(H,22,24). The third-order valence-electron chi connectivity index (χ3n) is 2.98. The Morgan fingerprint density at radius 2 is 1.75 bits per heavy atom. The molecule has 2 rings (SSSR count). The van der Waals surface area contributed by atoms with Gasteiger partial charge in [-0.3, -0.25) is 9.59 Å². The average Bonchev–Trinajstić information content (AvgIpc) is 2.47. The first kappa shape index (κ1) is 18.0. The summed E-state index contributed by atoms with van der Waals surface area (Å²) >= 11 is 3.19. The van der Waals surface area contributed by atoms with Crippen LogP contribution in [0.5, 0.6) is 0 Å². The fourth-order valence-corrected chi connectivity index (χ4v) is 2.39. The molecule has 0 saturated heterocycles. The summed E-state index contributed by atoms with van der Waals surface area (Å²) in [5, 5.41) is 4.53. The van der Waals surface area contributed by atoms with Crippen molar-refractivity contribution in [3.63, 3.8) is 0 Å². The van der Waals surface area contributed by atoms with Gasteiger partial charge in [-0.15, -0.1) is 0 Å². The van der Waals surface area contributed by atoms with Crippen molar-refractivity contribution in [2.24, 2.45) is 0 Å². The first-order valence-corrected chi connectivity index (χ1v) is 7.52. The molecule has 2 aromatic rings. The summed E-state index contributed by atoms with van der Waals surface area (Å²) in [5.74, 6) is -1.16. The van der Waals surface area contributed by atoms with Crippen LogP contribution in [-0.2, 0) is 11.0 Å². The van der Waals surface area contributed by atoms with E-state index in [9.17, 15) is 22.8 Å². The number of rotatable bonds is 3. The molecule has 2 N–H and O–H groups in total. The maximum absolute atomic E-state index is 13.2. The Balaban J connectivity index is 2.35. The lowest BCUT2D eigenvalue weighted by Crippen LogP contribution is -2.17. The molecule has 126 valence electrons. The molecule has 0 spiro atoms. The molecule has 0 aromatic heterocycles. The number of nitrogens with one attached hydrogen (secondary N) is 2. The maximum atomic E-state index is 13.2. The van der Waals surface area contributed by atoms with Crippen LogP contribution in [0.2, 0.25) is 0 Å². The molecule has 0 bridgehead atoms. The van der Waals surface area contributed by atoms with Crippen molar-refractivity contribution >= 4 is 39.1 Å². The Bertz CT molecular complexity index is 791. The van der Waals surface area contributed by atoms with Gasteiger partial charge in [-0.2, -0.15) is 13.2 Å². The molecule has 0 radical (unpaired) electrons. The van der Waals surface area contributed by atoms with Crippen molar-refractivity contribution < 1.29 is 22.8 Å². The van der Waals surface area contributed by atoms with Gasteiger partial charge < -0.3 is 10.6 Å². The number of carbonyl (C=O) groups excluding carboxylic acids is 2. The van der Waals surface area contributed by atoms with E-state index in [0.717, 1.165) is 12.1 Å². The minimum Gasteiger partial charge on any atom is -0.326 e. The van der Waals surface area contributed by atoms with Crippen LogP contribution in [0, 0.1) is 0 Å². The Labute approximate surface area is 144 Å². The molecule has 0 aliphatic rings. The molecule has 0 aliphatic heterocycles. The highest BCUT2D eigenvalue weighted by molar-refractivity contribution is 9.10. The zero-order valence-corrected chi connectivity index (χ0v) is 14.0. The van der Waals surface area contributed by atoms with E-state index >= 15 is 0 Å². The summed E-state index contributed by atoms with van der Waals surface area (Å²) in [4.78, 5) is 23.1. The van der Waals surface area contributed by atoms with Gasteiger partial charge in [-0.1, -0.05) is 22.0 Å². The third kappa shape index (κ3) is 4.58. The van der Waals surface area contributed by atoms with Crippen molar-refractivity contribution in [1.82, 2.24) is 0 Å². The number of hydrogen-bond acceptors (Lipinski definition) is 2. The van der Waals surface area contributed by atoms with E-state index in [1.54, 1.807) is 12.1 Å². The van der Waals surface area contributed by atoms with Gasteiger partial charge in [0, 0.05) is 22.6 Å². The smallest absolute Gasteiger partial charge is 0.326 e. The number of amides is 2. The van der Waals surface area contributed by atoms with Gasteiger partial charge in [0.15, 0.2) is 0 Å². The SMILES string of the molecule is CC(=O)Nc1ccc(NC(=O)c2cccc(Br)c2)c(C(F)(F)F)c1. The second-order valence-electron chi connectivity index (χ2n) is 4.90. The molecule has 24 heavy (non-hydrogen) atoms. The van der Waals surface area contributed by atoms with Crippen LogP contribution in [0.25, 0.3) is 0 Å². The highest BCUT2D eigenvalue weighted by Gasteiger charge is 2.34. The molecule has 0 aliphatic carbocycles. The highest BCUT2D eigenvalue weighted by Crippen LogP contribution is 2.36. The predicted molar refractivity (Wildman–Crippen MR) is 87.8 cm³/mol. The van der Waals surface area contributed by atoms with Gasteiger partial charge >= 0.3 is 6.18 Å². The molecule has 2 aromatic carbocycles. The van der Waals surface area contributed by atoms with Crippen molar-refractivity contribution in [2.75, 3.05) is 10.6 Å². The van der Waals surface area contributed by atoms with E-state index in [4.69, 9.17) is 0 Å². The number of alkyl halides is 3. The normalized spacial score (nSPS) is 11.0. The van der Waals surface area contributed by atoms with Gasteiger partial charge in [0.2, 0.25) is 5.91 Å². The van der Waals surface area contributed by atoms with Crippen molar-refractivity contribution in [2.45, 2.75) is 13.1 Å². The summed E-state index contributed by atoms with van der Waals surface area (Å²) in [6.07, 6.45) is -4.69. The lowest BCUT2D eigenvalue weighted by Gasteiger charge is -2.15. The second kappa shape index (κ2) is 7.04. The lowest BCUT2D eigenvalue weighted by molar-refractivity contribution is -0.137. The molecular formula is C16H12BrF3N2O2. The predicted octanol–water partition coefficient (Wildman–Crippen LogP) is 4.68. The lowest BCUT2D eigenvalue weighted by atomic mass is 10.1. The Kier molecular flexibility index (Phi) is 5.28. The molecular weight excluding hydrogens is 389 g/mol. The first-order valence-electron chi connectivity index (χ1n) is 6.72. The van der Waals surface area contributed by atoms with Crippen LogP contribution >= 0.6 is 15.9 Å². The van der Waals surface area contributed by atoms with Gasteiger partial charge in [0.05, 0.1) is 11.3 Å². The monoisotopic (exact) mass is 400 g/mol. The molecule has 0 fully saturated rings. The molecule has 0 unspecified atom stereocenters. The van der Waals surface area contributed by atoms with Gasteiger partial charge in [-0.25, -0.2) is 0 Å². The maximum Gasteiger partial charge on any atom is 0.418 e. The number of benzene rings is 2. The largest absolute Gasteiger partial charge is 0.418 e. The quantitative estimate of drug-likeness (QED) is 0.785. The summed E-state index contributed by atoms with van der Waals surface area (Å²) in [7, 11) is 0. The minimum absolute atomic E-state index is 0.00437. The molecule has 2 amide bonds. The summed E-state index contributed by atoms with van der Waals surface area (Å²) < 4.78 is 40.3. The van der Waals surface area contributed by atoms with E-state index in [0.29, 0.717) is 4.47 Å². The highest BCUT2D eigenvalue weighted by atomic mass is 79.9. The van der Waals surface area contributed by atoms with Crippen LogP contribution < -0.4 is 10.6 Å². The molecule has 0 heterocycles. The van der Waals surface area contributed by atoms with E-state index in [1.165, 1.54) is 25.1 Å². The van der Waals surface area contributed by atoms with Crippen molar-refractivity contribution in [1.29, 1.82) is 0 Å². The van der Waals surface area contributed by atoms with E-state index < -0.39 is 23.6 Å². The molecule has 0 saturated carbocycles. The van der Waals surface area contributed by atoms with Crippen LogP contribution in [0.3, 0.4) is 0 Å². The molecule has 0 atom stereocenters. The number of anilines is 2. The average molecular weight is 401 g/mol. The first-order chi connectivity index (χ1) is 11.2. The van der Waals surface area contributed by atoms with Crippen LogP contribution in [-0.4, -0.2) is 11.8 Å². The van der Waals surface area contributed by atoms with Gasteiger partial charge in [0.1, 0.15) is 0 Å². The molecule has 8 heteroatoms. The number of hydrogen-bond donors (Lipinski definition) is 2. The second-order valence-corrected chi connectivity index (χ2v) is 5.82. The van der Waals surface area contributed by atoms with Crippen molar-refractivity contribution in [3.8, 4) is 0 Å². The fraction of sp³-hybridized carbons (Fsp3) is 0.125. The third-order valence-corrected chi connectivity index (χ3v) is 3.47. The van der Waals surface area contributed by atoms with E-state index in [1.807, 2.05) is 0 Å². The molecule has 4 nitrogen and oxygen atoms in total. The van der Waals surface area contributed by atoms with Crippen LogP contribution in [0.4, 0.5) is 24.5 Å². The topological polar surface area (TPSA) is 58.2 Å². The van der Waals surface area contributed by atoms with Gasteiger partial charge in [0.25, 0.3) is 5.91 Å². The van der Waals surface area contributed by atoms with Crippen molar-refractivity contribution in [3.05, 3.63) is 58.1 Å². The summed E-state index contributed by atoms with van der Waals surface area (Å²) in [5.41, 5.74) is -1.22. The fourth-order valence-electron chi connectivity index (χ4n) is 1.99. The number of halogens is 4. The number of carbonyl (C=O) groups is 2. The Morgan fingerprint density at radius 1 is 1.04 bits per heavy atom. The van der Waals surface area contributed by atoms with E-state index in [2.05, 4.69) is 26.6 Å². The van der Waals surface area contributed by atoms with E-state index in [-0.39, 0.29) is 16.9 Å². The van der Waals surface area contributed by atoms with Gasteiger partial charge in [-0.05, 0) is 36.4 Å². The zero-order chi connectivity index (χ0) is 17.9. The zero-order valence-electron chi connectivity index (χ0n) is 12.4. The summed E-state index contributed by atoms with van der Waals surface area (Å²) in [6, 6.07) is 9.44. The van der Waals surface area contributed by atoms with Crippen LogP contribution in [0.15, 0.2) is 46.9 Å². The van der Waals surface area contributed by atoms with Crippen LogP contribution in [0.1, 0.15) is 22.8 Å². The Hall–Kier alpha value is -2.35. The Morgan fingerprint density at radius 3 is 2.33 bits per heavy atom. The minimum atomic E-state index is -4.69. The summed E-state index contributed by atoms with van der Waals surface area (Å²) in [6.45, 7) is 1.19.